The van der Waals surface area contributed by atoms with Crippen LogP contribution in [0.1, 0.15) is 18.7 Å². The molecule has 1 atom stereocenters. The average Bonchev–Trinajstić information content (AvgIpc) is 2.82. The van der Waals surface area contributed by atoms with E-state index in [2.05, 4.69) is 20.2 Å². The predicted octanol–water partition coefficient (Wildman–Crippen LogP) is 3.10. The van der Waals surface area contributed by atoms with E-state index in [0.29, 0.717) is 22.4 Å². The number of aromatic nitrogens is 4. The Kier molecular flexibility index (Phi) is 4.26. The van der Waals surface area contributed by atoms with Crippen molar-refractivity contribution in [2.24, 2.45) is 0 Å². The van der Waals surface area contributed by atoms with Gasteiger partial charge in [-0.1, -0.05) is 30.0 Å². The molecule has 0 spiro atoms. The highest BCUT2D eigenvalue weighted by Gasteiger charge is 2.34. The minimum atomic E-state index is -0.677. The molecule has 2 aromatic heterocycles. The van der Waals surface area contributed by atoms with E-state index >= 15 is 0 Å². The molecule has 7 nitrogen and oxygen atoms in total. The number of anilines is 1. The van der Waals surface area contributed by atoms with Crippen molar-refractivity contribution < 1.29 is 9.53 Å². The number of hydrogen-bond acceptors (Lipinski definition) is 7. The number of rotatable bonds is 2. The molecular weight excluding hydrogens is 350 g/mol. The van der Waals surface area contributed by atoms with Crippen molar-refractivity contribution in [2.75, 3.05) is 11.2 Å². The maximum atomic E-state index is 12.5. The Hall–Kier alpha value is -3.00. The van der Waals surface area contributed by atoms with Crippen LogP contribution in [0.2, 0.25) is 0 Å². The highest BCUT2D eigenvalue weighted by molar-refractivity contribution is 7.98. The molecule has 3 heterocycles. The summed E-state index contributed by atoms with van der Waals surface area (Å²) < 4.78 is 6.19. The van der Waals surface area contributed by atoms with Gasteiger partial charge in [0, 0.05) is 30.4 Å². The predicted molar refractivity (Wildman–Crippen MR) is 97.8 cm³/mol. The summed E-state index contributed by atoms with van der Waals surface area (Å²) in [5.41, 5.74) is 2.76. The van der Waals surface area contributed by atoms with Crippen molar-refractivity contribution in [3.8, 4) is 17.1 Å². The molecule has 0 N–H and O–H groups in total. The number of carbonyl (C=O) groups is 1. The van der Waals surface area contributed by atoms with E-state index in [-0.39, 0.29) is 5.91 Å². The Labute approximate surface area is 154 Å². The van der Waals surface area contributed by atoms with Crippen LogP contribution in [0, 0.1) is 0 Å². The fourth-order valence-electron chi connectivity index (χ4n) is 2.88. The lowest BCUT2D eigenvalue weighted by atomic mass is 10.1. The molecule has 1 aliphatic rings. The number of thioether (sulfide) groups is 1. The number of amides is 1. The van der Waals surface area contributed by atoms with Crippen LogP contribution in [0.5, 0.6) is 5.88 Å². The summed E-state index contributed by atoms with van der Waals surface area (Å²) in [5.74, 6) is 0.201. The fourth-order valence-corrected chi connectivity index (χ4v) is 3.18. The van der Waals surface area contributed by atoms with Crippen LogP contribution in [0.15, 0.2) is 53.9 Å². The number of benzene rings is 1. The number of fused-ring (bicyclic) bond motifs is 3. The van der Waals surface area contributed by atoms with Gasteiger partial charge in [0.2, 0.25) is 23.2 Å². The zero-order valence-electron chi connectivity index (χ0n) is 14.2. The second-order valence-electron chi connectivity index (χ2n) is 5.61. The van der Waals surface area contributed by atoms with Gasteiger partial charge in [-0.05, 0) is 24.5 Å². The molecule has 1 aliphatic heterocycles. The maximum absolute atomic E-state index is 12.5. The van der Waals surface area contributed by atoms with E-state index in [9.17, 15) is 4.79 Å². The lowest BCUT2D eigenvalue weighted by molar-refractivity contribution is -0.118. The molecule has 0 saturated carbocycles. The van der Waals surface area contributed by atoms with E-state index in [4.69, 9.17) is 4.74 Å². The van der Waals surface area contributed by atoms with Crippen LogP contribution in [0.4, 0.5) is 5.69 Å². The van der Waals surface area contributed by atoms with Crippen molar-refractivity contribution in [3.05, 3.63) is 54.4 Å². The number of carbonyl (C=O) groups excluding carboxylic acids is 1. The molecule has 26 heavy (non-hydrogen) atoms. The quantitative estimate of drug-likeness (QED) is 0.646. The molecule has 3 aromatic rings. The van der Waals surface area contributed by atoms with E-state index in [1.54, 1.807) is 17.3 Å². The average molecular weight is 365 g/mol. The molecule has 0 aliphatic carbocycles. The summed E-state index contributed by atoms with van der Waals surface area (Å²) in [7, 11) is 0. The van der Waals surface area contributed by atoms with Gasteiger partial charge in [-0.25, -0.2) is 0 Å². The first-order chi connectivity index (χ1) is 12.7. The summed E-state index contributed by atoms with van der Waals surface area (Å²) in [6.07, 6.45) is 4.53. The molecule has 0 fully saturated rings. The highest BCUT2D eigenvalue weighted by Crippen LogP contribution is 2.43. The minimum absolute atomic E-state index is 0.148. The van der Waals surface area contributed by atoms with Gasteiger partial charge in [0.25, 0.3) is 0 Å². The minimum Gasteiger partial charge on any atom is -0.447 e. The monoisotopic (exact) mass is 365 g/mol. The van der Waals surface area contributed by atoms with Gasteiger partial charge < -0.3 is 4.74 Å². The number of pyridine rings is 1. The Morgan fingerprint density at radius 2 is 1.92 bits per heavy atom. The molecule has 8 heteroatoms. The Balaban J connectivity index is 1.98. The number of para-hydroxylation sites is 1. The Morgan fingerprint density at radius 1 is 1.15 bits per heavy atom. The van der Waals surface area contributed by atoms with Gasteiger partial charge in [-0.2, -0.15) is 4.98 Å². The van der Waals surface area contributed by atoms with Crippen LogP contribution in [-0.2, 0) is 4.79 Å². The Morgan fingerprint density at radius 3 is 2.65 bits per heavy atom. The van der Waals surface area contributed by atoms with Crippen molar-refractivity contribution in [1.29, 1.82) is 0 Å². The lowest BCUT2D eigenvalue weighted by Crippen LogP contribution is -2.36. The van der Waals surface area contributed by atoms with Gasteiger partial charge in [-0.3, -0.25) is 14.7 Å². The molecule has 1 aromatic carbocycles. The molecule has 0 radical (unpaired) electrons. The largest absolute Gasteiger partial charge is 0.447 e. The zero-order valence-corrected chi connectivity index (χ0v) is 15.0. The molecule has 130 valence electrons. The topological polar surface area (TPSA) is 81.1 Å². The molecule has 4 rings (SSSR count). The summed E-state index contributed by atoms with van der Waals surface area (Å²) in [5, 5.41) is 8.94. The van der Waals surface area contributed by atoms with Crippen LogP contribution in [-0.4, -0.2) is 32.3 Å². The first-order valence-corrected chi connectivity index (χ1v) is 9.16. The van der Waals surface area contributed by atoms with Gasteiger partial charge in [0.1, 0.15) is 0 Å². The van der Waals surface area contributed by atoms with E-state index in [1.807, 2.05) is 42.7 Å². The lowest BCUT2D eigenvalue weighted by Gasteiger charge is -2.29. The van der Waals surface area contributed by atoms with Gasteiger partial charge in [0.05, 0.1) is 5.69 Å². The third kappa shape index (κ3) is 2.78. The van der Waals surface area contributed by atoms with Crippen molar-refractivity contribution in [3.63, 3.8) is 0 Å². The third-order valence-corrected chi connectivity index (χ3v) is 4.56. The van der Waals surface area contributed by atoms with Crippen LogP contribution in [0.25, 0.3) is 11.3 Å². The summed E-state index contributed by atoms with van der Waals surface area (Å²) in [6.45, 7) is 1.51. The first kappa shape index (κ1) is 16.5. The number of hydrogen-bond donors (Lipinski definition) is 0. The van der Waals surface area contributed by atoms with E-state index in [1.165, 1.54) is 18.7 Å². The number of ether oxygens (including phenoxy) is 1. The summed E-state index contributed by atoms with van der Waals surface area (Å²) in [6, 6.07) is 11.2. The van der Waals surface area contributed by atoms with Crippen molar-refractivity contribution >= 4 is 23.4 Å². The normalized spacial score (nSPS) is 15.5. The molecule has 1 unspecified atom stereocenters. The van der Waals surface area contributed by atoms with Gasteiger partial charge in [-0.15, -0.1) is 10.2 Å². The smallest absolute Gasteiger partial charge is 0.247 e. The van der Waals surface area contributed by atoms with E-state index in [0.717, 1.165) is 11.1 Å². The summed E-state index contributed by atoms with van der Waals surface area (Å²) >= 11 is 1.38. The van der Waals surface area contributed by atoms with Gasteiger partial charge >= 0.3 is 0 Å². The number of nitrogens with zero attached hydrogens (tertiary/aromatic N) is 5. The molecule has 1 amide bonds. The molecule has 0 saturated heterocycles. The fraction of sp³-hybridized carbons (Fsp3) is 0.167. The highest BCUT2D eigenvalue weighted by atomic mass is 32.2. The zero-order chi connectivity index (χ0) is 18.1. The van der Waals surface area contributed by atoms with Gasteiger partial charge in [0.15, 0.2) is 5.69 Å². The SMILES string of the molecule is CSc1nnc2c(n1)OC(c1ccncc1)N(C(C)=O)c1ccccc1-2. The van der Waals surface area contributed by atoms with Crippen LogP contribution >= 0.6 is 11.8 Å². The second-order valence-corrected chi connectivity index (χ2v) is 6.38. The van der Waals surface area contributed by atoms with Crippen molar-refractivity contribution in [2.45, 2.75) is 18.3 Å². The first-order valence-electron chi connectivity index (χ1n) is 7.93. The van der Waals surface area contributed by atoms with Crippen molar-refractivity contribution in [1.82, 2.24) is 20.2 Å². The Bertz CT molecular complexity index is 967. The second kappa shape index (κ2) is 6.72. The third-order valence-electron chi connectivity index (χ3n) is 4.02. The van der Waals surface area contributed by atoms with E-state index < -0.39 is 6.23 Å². The molecular formula is C18H15N5O2S. The summed E-state index contributed by atoms with van der Waals surface area (Å²) in [4.78, 5) is 22.7. The van der Waals surface area contributed by atoms with Crippen LogP contribution in [0.3, 0.4) is 0 Å². The maximum Gasteiger partial charge on any atom is 0.247 e. The molecule has 0 bridgehead atoms. The van der Waals surface area contributed by atoms with Crippen LogP contribution < -0.4 is 9.64 Å². The standard InChI is InChI=1S/C18H15N5O2S/c1-11(24)23-14-6-4-3-5-13(14)15-16(20-18(26-2)22-21-15)25-17(23)12-7-9-19-10-8-12/h3-10,17H,1-2H3.